The van der Waals surface area contributed by atoms with Crippen molar-refractivity contribution in [2.24, 2.45) is 5.41 Å². The molecule has 0 aliphatic carbocycles. The third-order valence-electron chi connectivity index (χ3n) is 6.39. The predicted molar refractivity (Wildman–Crippen MR) is 150 cm³/mol. The van der Waals surface area contributed by atoms with E-state index in [-0.39, 0.29) is 23.2 Å². The molecule has 3 rings (SSSR count). The lowest BCUT2D eigenvalue weighted by Gasteiger charge is -2.48. The molecular formula is C28H38Cl2N2O2S. The summed E-state index contributed by atoms with van der Waals surface area (Å²) in [4.78, 5) is 15.6. The fourth-order valence-electron chi connectivity index (χ4n) is 4.29. The molecule has 4 nitrogen and oxygen atoms in total. The molecule has 1 aliphatic rings. The molecule has 0 aromatic heterocycles. The van der Waals surface area contributed by atoms with Crippen LogP contribution in [-0.2, 0) is 15.8 Å². The van der Waals surface area contributed by atoms with Crippen molar-refractivity contribution in [2.75, 3.05) is 6.54 Å². The zero-order valence-electron chi connectivity index (χ0n) is 21.2. The molecule has 4 unspecified atom stereocenters. The first-order chi connectivity index (χ1) is 16.6. The Bertz CT molecular complexity index is 969. The second-order valence-electron chi connectivity index (χ2n) is 9.42. The van der Waals surface area contributed by atoms with Crippen LogP contribution in [0.2, 0.25) is 10.0 Å². The highest BCUT2D eigenvalue weighted by Crippen LogP contribution is 2.44. The molecule has 2 aromatic rings. The van der Waals surface area contributed by atoms with E-state index in [0.717, 1.165) is 29.8 Å². The summed E-state index contributed by atoms with van der Waals surface area (Å²) in [6, 6.07) is 17.2. The second-order valence-corrected chi connectivity index (χ2v) is 12.1. The first-order valence-corrected chi connectivity index (χ1v) is 14.1. The van der Waals surface area contributed by atoms with Gasteiger partial charge in [-0.05, 0) is 69.4 Å². The maximum absolute atomic E-state index is 13.6. The zero-order valence-corrected chi connectivity index (χ0v) is 23.5. The zero-order chi connectivity index (χ0) is 26.0. The fourth-order valence-corrected chi connectivity index (χ4v) is 5.26. The minimum absolute atomic E-state index is 0.00175. The first kappa shape index (κ1) is 29.6. The van der Waals surface area contributed by atoms with Crippen molar-refractivity contribution in [1.29, 1.82) is 0 Å². The van der Waals surface area contributed by atoms with Crippen LogP contribution in [0, 0.1) is 5.41 Å². The summed E-state index contributed by atoms with van der Waals surface area (Å²) in [5.74, 6) is 0.155. The Morgan fingerprint density at radius 2 is 1.74 bits per heavy atom. The summed E-state index contributed by atoms with van der Waals surface area (Å²) in [6.07, 6.45) is 5.01. The van der Waals surface area contributed by atoms with E-state index in [1.165, 1.54) is 0 Å². The Hall–Kier alpha value is -1.66. The summed E-state index contributed by atoms with van der Waals surface area (Å²) >= 11 is 11.6. The molecule has 0 saturated carbocycles. The number of benzene rings is 2. The van der Waals surface area contributed by atoms with Gasteiger partial charge in [-0.3, -0.25) is 4.79 Å². The van der Waals surface area contributed by atoms with E-state index >= 15 is 0 Å². The van der Waals surface area contributed by atoms with Crippen LogP contribution in [-0.4, -0.2) is 32.9 Å². The molecule has 0 radical (unpaired) electrons. The van der Waals surface area contributed by atoms with Gasteiger partial charge in [-0.15, -0.1) is 6.58 Å². The van der Waals surface area contributed by atoms with Gasteiger partial charge in [-0.1, -0.05) is 73.5 Å². The number of nitrogens with one attached hydrogen (secondary N) is 1. The lowest BCUT2D eigenvalue weighted by Crippen LogP contribution is -2.55. The van der Waals surface area contributed by atoms with Crippen molar-refractivity contribution >= 4 is 40.1 Å². The monoisotopic (exact) mass is 536 g/mol. The number of carbonyl (C=O) groups is 1. The fraction of sp³-hybridized carbons (Fsp3) is 0.464. The molecule has 0 bridgehead atoms. The molecule has 0 spiro atoms. The third-order valence-corrected chi connectivity index (χ3v) is 8.20. The highest BCUT2D eigenvalue weighted by Gasteiger charge is 2.45. The molecule has 1 N–H and O–H groups in total. The smallest absolute Gasteiger partial charge is 0.229 e. The third kappa shape index (κ3) is 8.45. The van der Waals surface area contributed by atoms with E-state index in [9.17, 15) is 9.00 Å². The Morgan fingerprint density at radius 3 is 2.23 bits per heavy atom. The topological polar surface area (TPSA) is 49.4 Å². The van der Waals surface area contributed by atoms with Crippen LogP contribution in [0.1, 0.15) is 65.0 Å². The molecule has 1 heterocycles. The van der Waals surface area contributed by atoms with Gasteiger partial charge in [0.15, 0.2) is 0 Å². The van der Waals surface area contributed by atoms with Gasteiger partial charge in [0, 0.05) is 27.9 Å². The summed E-state index contributed by atoms with van der Waals surface area (Å²) in [6.45, 7) is 12.3. The molecule has 7 heteroatoms. The number of hydrogen-bond acceptors (Lipinski definition) is 2. The summed E-state index contributed by atoms with van der Waals surface area (Å²) in [5.41, 5.74) is 0.664. The average Bonchev–Trinajstić information content (AvgIpc) is 2.83. The molecule has 1 amide bonds. The van der Waals surface area contributed by atoms with Crippen LogP contribution in [0.5, 0.6) is 0 Å². The van der Waals surface area contributed by atoms with Gasteiger partial charge >= 0.3 is 0 Å². The average molecular weight is 538 g/mol. The SMILES string of the molecule is C=CCC1(C)CCC(c2ccc(Cl)cc2)N(C(CC)CNS(=O)C(C)C)C1=O.Clc1ccccc1. The van der Waals surface area contributed by atoms with Crippen molar-refractivity contribution in [3.05, 3.63) is 82.9 Å². The standard InChI is InChI=1S/C22H33ClN2O2S.C6H5Cl/c1-6-13-22(5)14-12-20(17-8-10-18(23)11-9-17)25(21(22)26)19(7-2)15-24-28(27)16(3)4;7-6-4-2-1-3-5-6/h6,8-11,16,19-20,24H,1,7,12-15H2,2-5H3;1-5H. The van der Waals surface area contributed by atoms with Crippen LogP contribution < -0.4 is 4.72 Å². The Balaban J connectivity index is 0.000000527. The van der Waals surface area contributed by atoms with Crippen molar-refractivity contribution in [2.45, 2.75) is 70.7 Å². The van der Waals surface area contributed by atoms with Crippen molar-refractivity contribution < 1.29 is 9.00 Å². The van der Waals surface area contributed by atoms with Crippen LogP contribution >= 0.6 is 23.2 Å². The maximum Gasteiger partial charge on any atom is 0.229 e. The highest BCUT2D eigenvalue weighted by molar-refractivity contribution is 7.83. The summed E-state index contributed by atoms with van der Waals surface area (Å²) < 4.78 is 15.3. The molecular weight excluding hydrogens is 499 g/mol. The number of allylic oxidation sites excluding steroid dienone is 1. The molecule has 1 saturated heterocycles. The van der Waals surface area contributed by atoms with Gasteiger partial charge in [0.25, 0.3) is 0 Å². The molecule has 1 fully saturated rings. The van der Waals surface area contributed by atoms with E-state index in [4.69, 9.17) is 23.2 Å². The lowest BCUT2D eigenvalue weighted by atomic mass is 9.74. The van der Waals surface area contributed by atoms with Gasteiger partial charge in [0.1, 0.15) is 0 Å². The van der Waals surface area contributed by atoms with Gasteiger partial charge in [0.05, 0.1) is 22.4 Å². The van der Waals surface area contributed by atoms with E-state index in [1.54, 1.807) is 0 Å². The minimum Gasteiger partial charge on any atom is -0.331 e. The van der Waals surface area contributed by atoms with Crippen LogP contribution in [0.3, 0.4) is 0 Å². The number of carbonyl (C=O) groups excluding carboxylic acids is 1. The molecule has 2 aromatic carbocycles. The largest absolute Gasteiger partial charge is 0.331 e. The maximum atomic E-state index is 13.6. The van der Waals surface area contributed by atoms with Gasteiger partial charge < -0.3 is 4.90 Å². The molecule has 4 atom stereocenters. The molecule has 192 valence electrons. The quantitative estimate of drug-likeness (QED) is 0.340. The van der Waals surface area contributed by atoms with Crippen molar-refractivity contribution in [3.63, 3.8) is 0 Å². The van der Waals surface area contributed by atoms with Gasteiger partial charge in [-0.25, -0.2) is 8.93 Å². The summed E-state index contributed by atoms with van der Waals surface area (Å²) in [5, 5.41) is 1.52. The lowest BCUT2D eigenvalue weighted by molar-refractivity contribution is -0.152. The van der Waals surface area contributed by atoms with Gasteiger partial charge in [-0.2, -0.15) is 0 Å². The number of nitrogens with zero attached hydrogens (tertiary/aromatic N) is 1. The van der Waals surface area contributed by atoms with Crippen molar-refractivity contribution in [1.82, 2.24) is 9.62 Å². The number of hydrogen-bond donors (Lipinski definition) is 1. The minimum atomic E-state index is -1.11. The van der Waals surface area contributed by atoms with E-state index in [1.807, 2.05) is 86.3 Å². The highest BCUT2D eigenvalue weighted by atomic mass is 35.5. The molecule has 35 heavy (non-hydrogen) atoms. The van der Waals surface area contributed by atoms with E-state index < -0.39 is 16.4 Å². The van der Waals surface area contributed by atoms with Crippen LogP contribution in [0.15, 0.2) is 67.3 Å². The Morgan fingerprint density at radius 1 is 1.14 bits per heavy atom. The van der Waals surface area contributed by atoms with E-state index in [0.29, 0.717) is 18.0 Å². The van der Waals surface area contributed by atoms with Crippen LogP contribution in [0.4, 0.5) is 0 Å². The predicted octanol–water partition coefficient (Wildman–Crippen LogP) is 7.37. The Labute approximate surface area is 223 Å². The first-order valence-electron chi connectivity index (χ1n) is 12.2. The van der Waals surface area contributed by atoms with Crippen molar-refractivity contribution in [3.8, 4) is 0 Å². The second kappa shape index (κ2) is 14.2. The van der Waals surface area contributed by atoms with Crippen LogP contribution in [0.25, 0.3) is 0 Å². The number of halogens is 2. The molecule has 1 aliphatic heterocycles. The summed E-state index contributed by atoms with van der Waals surface area (Å²) in [7, 11) is -1.11. The number of amides is 1. The van der Waals surface area contributed by atoms with Gasteiger partial charge in [0.2, 0.25) is 5.91 Å². The number of likely N-dealkylation sites (tertiary alicyclic amines) is 1. The Kier molecular flexibility index (Phi) is 12.0. The number of piperidine rings is 1. The normalized spacial score (nSPS) is 21.7. The number of rotatable bonds is 9. The van der Waals surface area contributed by atoms with E-state index in [2.05, 4.69) is 18.2 Å².